The van der Waals surface area contributed by atoms with Gasteiger partial charge in [-0.05, 0) is 19.3 Å². The van der Waals surface area contributed by atoms with Crippen LogP contribution in [0.4, 0.5) is 0 Å². The number of nitrogens with two attached hydrogens (primary N) is 1. The van der Waals surface area contributed by atoms with Crippen molar-refractivity contribution in [2.24, 2.45) is 11.7 Å². The van der Waals surface area contributed by atoms with E-state index in [9.17, 15) is 4.79 Å². The highest BCUT2D eigenvalue weighted by Gasteiger charge is 2.33. The zero-order valence-corrected chi connectivity index (χ0v) is 14.7. The van der Waals surface area contributed by atoms with Gasteiger partial charge < -0.3 is 10.5 Å². The molecule has 0 radical (unpaired) electrons. The molecule has 0 aliphatic carbocycles. The zero-order valence-electron chi connectivity index (χ0n) is 14.7. The minimum atomic E-state index is -0.863. The Bertz CT molecular complexity index is 262. The minimum absolute atomic E-state index is 0.0951. The van der Waals surface area contributed by atoms with E-state index >= 15 is 0 Å². The number of carbonyl (C=O) groups is 1. The summed E-state index contributed by atoms with van der Waals surface area (Å²) < 4.78 is 5.28. The second-order valence-corrected chi connectivity index (χ2v) is 6.76. The summed E-state index contributed by atoms with van der Waals surface area (Å²) in [5.74, 6) is -0.175. The molecule has 3 heteroatoms. The van der Waals surface area contributed by atoms with Crippen LogP contribution in [0.25, 0.3) is 0 Å². The summed E-state index contributed by atoms with van der Waals surface area (Å²) in [6.07, 6.45) is 12.8. The minimum Gasteiger partial charge on any atom is -0.464 e. The highest BCUT2D eigenvalue weighted by molar-refractivity contribution is 5.80. The molecule has 126 valence electrons. The molecule has 0 saturated heterocycles. The van der Waals surface area contributed by atoms with Crippen molar-refractivity contribution in [1.82, 2.24) is 0 Å². The number of hydrogen-bond acceptors (Lipinski definition) is 3. The first-order valence-corrected chi connectivity index (χ1v) is 8.89. The van der Waals surface area contributed by atoms with Crippen LogP contribution >= 0.6 is 0 Å². The van der Waals surface area contributed by atoms with Crippen molar-refractivity contribution in [3.63, 3.8) is 0 Å². The number of rotatable bonds is 13. The molecule has 1 atom stereocenters. The highest BCUT2D eigenvalue weighted by Crippen LogP contribution is 2.15. The Hall–Kier alpha value is -0.570. The van der Waals surface area contributed by atoms with Crippen molar-refractivity contribution in [1.29, 1.82) is 0 Å². The molecule has 0 rings (SSSR count). The first kappa shape index (κ1) is 20.4. The van der Waals surface area contributed by atoms with Gasteiger partial charge in [-0.25, -0.2) is 0 Å². The van der Waals surface area contributed by atoms with E-state index in [1.165, 1.54) is 51.4 Å². The topological polar surface area (TPSA) is 52.3 Å². The average Bonchev–Trinajstić information content (AvgIpc) is 2.44. The van der Waals surface area contributed by atoms with E-state index in [1.54, 1.807) is 6.92 Å². The van der Waals surface area contributed by atoms with Gasteiger partial charge in [-0.3, -0.25) is 4.79 Å². The van der Waals surface area contributed by atoms with Crippen molar-refractivity contribution >= 4 is 5.97 Å². The molecule has 3 nitrogen and oxygen atoms in total. The van der Waals surface area contributed by atoms with Crippen LogP contribution in [0.1, 0.15) is 91.9 Å². The number of unbranched alkanes of at least 4 members (excludes halogenated alkanes) is 9. The first-order valence-electron chi connectivity index (χ1n) is 8.89. The van der Waals surface area contributed by atoms with Crippen LogP contribution in [0.3, 0.4) is 0 Å². The van der Waals surface area contributed by atoms with E-state index in [4.69, 9.17) is 10.5 Å². The Labute approximate surface area is 132 Å². The lowest BCUT2D eigenvalue weighted by Crippen LogP contribution is -2.50. The van der Waals surface area contributed by atoms with Gasteiger partial charge in [-0.1, -0.05) is 78.6 Å². The van der Waals surface area contributed by atoms with Crippen molar-refractivity contribution in [3.8, 4) is 0 Å². The molecule has 0 aromatic carbocycles. The molecule has 21 heavy (non-hydrogen) atoms. The molecule has 0 heterocycles. The number of carbonyl (C=O) groups excluding carboxylic acids is 1. The van der Waals surface area contributed by atoms with Gasteiger partial charge in [0.15, 0.2) is 0 Å². The number of esters is 1. The smallest absolute Gasteiger partial charge is 0.326 e. The van der Waals surface area contributed by atoms with Crippen LogP contribution in [0, 0.1) is 5.92 Å². The van der Waals surface area contributed by atoms with Crippen LogP contribution in [-0.4, -0.2) is 18.1 Å². The Kier molecular flexibility index (Phi) is 11.7. The second-order valence-electron chi connectivity index (χ2n) is 6.76. The van der Waals surface area contributed by atoms with E-state index < -0.39 is 5.54 Å². The Morgan fingerprint density at radius 1 is 0.952 bits per heavy atom. The SMILES string of the molecule is CCCCCCCCCCCCOC(=O)C(C)(N)C(C)C. The maximum atomic E-state index is 11.8. The van der Waals surface area contributed by atoms with Gasteiger partial charge in [-0.15, -0.1) is 0 Å². The molecule has 2 N–H and O–H groups in total. The second kappa shape index (κ2) is 12.0. The van der Waals surface area contributed by atoms with Gasteiger partial charge in [0.1, 0.15) is 5.54 Å². The van der Waals surface area contributed by atoms with Crippen LogP contribution in [-0.2, 0) is 9.53 Å². The van der Waals surface area contributed by atoms with Crippen LogP contribution in [0.2, 0.25) is 0 Å². The summed E-state index contributed by atoms with van der Waals surface area (Å²) in [4.78, 5) is 11.8. The van der Waals surface area contributed by atoms with Crippen LogP contribution in [0.15, 0.2) is 0 Å². The molecular weight excluding hydrogens is 262 g/mol. The summed E-state index contributed by atoms with van der Waals surface area (Å²) >= 11 is 0. The fraction of sp³-hybridized carbons (Fsp3) is 0.944. The molecule has 1 unspecified atom stereocenters. The third-order valence-corrected chi connectivity index (χ3v) is 4.37. The normalized spacial score (nSPS) is 14.2. The van der Waals surface area contributed by atoms with Gasteiger partial charge in [0.05, 0.1) is 6.61 Å². The molecule has 0 aliphatic rings. The van der Waals surface area contributed by atoms with Gasteiger partial charge in [-0.2, -0.15) is 0 Å². The summed E-state index contributed by atoms with van der Waals surface area (Å²) in [5.41, 5.74) is 5.10. The quantitative estimate of drug-likeness (QED) is 0.391. The summed E-state index contributed by atoms with van der Waals surface area (Å²) in [6.45, 7) is 8.40. The molecular formula is C18H37NO2. The Balaban J connectivity index is 3.39. The molecule has 0 aromatic rings. The van der Waals surface area contributed by atoms with Gasteiger partial charge in [0.25, 0.3) is 0 Å². The number of hydrogen-bond donors (Lipinski definition) is 1. The lowest BCUT2D eigenvalue weighted by Gasteiger charge is -2.26. The number of ether oxygens (including phenoxy) is 1. The van der Waals surface area contributed by atoms with E-state index in [2.05, 4.69) is 6.92 Å². The largest absolute Gasteiger partial charge is 0.464 e. The van der Waals surface area contributed by atoms with Crippen molar-refractivity contribution < 1.29 is 9.53 Å². The Morgan fingerprint density at radius 3 is 1.81 bits per heavy atom. The molecule has 0 saturated carbocycles. The van der Waals surface area contributed by atoms with Crippen molar-refractivity contribution in [2.45, 2.75) is 97.4 Å². The maximum Gasteiger partial charge on any atom is 0.326 e. The van der Waals surface area contributed by atoms with Crippen LogP contribution < -0.4 is 5.73 Å². The zero-order chi connectivity index (χ0) is 16.1. The molecule has 0 amide bonds. The van der Waals surface area contributed by atoms with Crippen molar-refractivity contribution in [3.05, 3.63) is 0 Å². The predicted octanol–water partition coefficient (Wildman–Crippen LogP) is 4.82. The summed E-state index contributed by atoms with van der Waals surface area (Å²) in [5, 5.41) is 0. The fourth-order valence-corrected chi connectivity index (χ4v) is 2.15. The summed E-state index contributed by atoms with van der Waals surface area (Å²) in [7, 11) is 0. The lowest BCUT2D eigenvalue weighted by molar-refractivity contribution is -0.151. The third-order valence-electron chi connectivity index (χ3n) is 4.37. The molecule has 0 fully saturated rings. The van der Waals surface area contributed by atoms with Gasteiger partial charge in [0, 0.05) is 0 Å². The van der Waals surface area contributed by atoms with Crippen molar-refractivity contribution in [2.75, 3.05) is 6.61 Å². The first-order chi connectivity index (χ1) is 9.92. The highest BCUT2D eigenvalue weighted by atomic mass is 16.5. The maximum absolute atomic E-state index is 11.8. The van der Waals surface area contributed by atoms with E-state index in [-0.39, 0.29) is 11.9 Å². The molecule has 0 aromatic heterocycles. The van der Waals surface area contributed by atoms with E-state index in [0.717, 1.165) is 12.8 Å². The molecule has 0 bridgehead atoms. The lowest BCUT2D eigenvalue weighted by atomic mass is 9.90. The van der Waals surface area contributed by atoms with E-state index in [1.807, 2.05) is 13.8 Å². The predicted molar refractivity (Wildman–Crippen MR) is 90.2 cm³/mol. The molecule has 0 aliphatic heterocycles. The van der Waals surface area contributed by atoms with Gasteiger partial charge in [0.2, 0.25) is 0 Å². The monoisotopic (exact) mass is 299 g/mol. The fourth-order valence-electron chi connectivity index (χ4n) is 2.15. The van der Waals surface area contributed by atoms with Crippen LogP contribution in [0.5, 0.6) is 0 Å². The standard InChI is InChI=1S/C18H37NO2/c1-5-6-7-8-9-10-11-12-13-14-15-21-17(20)18(4,19)16(2)3/h16H,5-15,19H2,1-4H3. The average molecular weight is 299 g/mol. The summed E-state index contributed by atoms with van der Waals surface area (Å²) in [6, 6.07) is 0. The Morgan fingerprint density at radius 2 is 1.38 bits per heavy atom. The third kappa shape index (κ3) is 9.89. The molecule has 0 spiro atoms. The van der Waals surface area contributed by atoms with E-state index in [0.29, 0.717) is 6.61 Å². The van der Waals surface area contributed by atoms with Gasteiger partial charge >= 0.3 is 5.97 Å².